The van der Waals surface area contributed by atoms with Crippen LogP contribution in [0.2, 0.25) is 0 Å². The minimum atomic E-state index is -0.555. The Morgan fingerprint density at radius 1 is 1.47 bits per heavy atom. The lowest BCUT2D eigenvalue weighted by molar-refractivity contribution is 0.0351. The molecule has 0 aromatic rings. The molecule has 3 atom stereocenters. The van der Waals surface area contributed by atoms with Crippen molar-refractivity contribution in [2.24, 2.45) is 5.92 Å². The predicted molar refractivity (Wildman–Crippen MR) is 62.7 cm³/mol. The highest BCUT2D eigenvalue weighted by Crippen LogP contribution is 2.33. The van der Waals surface area contributed by atoms with Gasteiger partial charge in [0.05, 0.1) is 5.60 Å². The van der Waals surface area contributed by atoms with Crippen LogP contribution in [0.4, 0.5) is 0 Å². The highest BCUT2D eigenvalue weighted by atomic mass is 16.3. The third kappa shape index (κ3) is 2.43. The molecule has 1 fully saturated rings. The maximum atomic E-state index is 10.5. The Hall–Kier alpha value is -0.340. The molecule has 15 heavy (non-hydrogen) atoms. The average molecular weight is 209 g/mol. The van der Waals surface area contributed by atoms with Crippen molar-refractivity contribution < 1.29 is 5.11 Å². The monoisotopic (exact) mass is 209 g/mol. The molecule has 0 aromatic heterocycles. The van der Waals surface area contributed by atoms with Gasteiger partial charge in [-0.25, -0.2) is 0 Å². The van der Waals surface area contributed by atoms with Crippen LogP contribution in [-0.2, 0) is 0 Å². The first-order valence-corrected chi connectivity index (χ1v) is 6.40. The number of hydrogen-bond donors (Lipinski definition) is 2. The second kappa shape index (κ2) is 4.67. The molecule has 2 rings (SSSR count). The lowest BCUT2D eigenvalue weighted by atomic mass is 9.79. The minimum Gasteiger partial charge on any atom is -0.384 e. The Morgan fingerprint density at radius 2 is 2.33 bits per heavy atom. The van der Waals surface area contributed by atoms with E-state index >= 15 is 0 Å². The van der Waals surface area contributed by atoms with Crippen LogP contribution in [0.15, 0.2) is 12.2 Å². The first kappa shape index (κ1) is 11.2. The second-order valence-corrected chi connectivity index (χ2v) is 5.09. The third-order valence-electron chi connectivity index (χ3n) is 3.90. The van der Waals surface area contributed by atoms with Crippen LogP contribution in [0.3, 0.4) is 0 Å². The highest BCUT2D eigenvalue weighted by Gasteiger charge is 2.37. The van der Waals surface area contributed by atoms with Gasteiger partial charge in [-0.05, 0) is 44.6 Å². The van der Waals surface area contributed by atoms with E-state index in [2.05, 4.69) is 24.4 Å². The van der Waals surface area contributed by atoms with Crippen molar-refractivity contribution in [3.8, 4) is 0 Å². The first-order chi connectivity index (χ1) is 7.24. The molecular formula is C13H23NO. The third-order valence-corrected chi connectivity index (χ3v) is 3.90. The summed E-state index contributed by atoms with van der Waals surface area (Å²) in [4.78, 5) is 0. The van der Waals surface area contributed by atoms with E-state index in [1.807, 2.05) is 0 Å². The Labute approximate surface area is 92.8 Å². The second-order valence-electron chi connectivity index (χ2n) is 5.09. The molecule has 2 heteroatoms. The molecule has 0 bridgehead atoms. The Kier molecular flexibility index (Phi) is 3.47. The van der Waals surface area contributed by atoms with Gasteiger partial charge >= 0.3 is 0 Å². The van der Waals surface area contributed by atoms with Gasteiger partial charge in [-0.2, -0.15) is 0 Å². The largest absolute Gasteiger partial charge is 0.384 e. The van der Waals surface area contributed by atoms with Crippen molar-refractivity contribution in [1.29, 1.82) is 0 Å². The lowest BCUT2D eigenvalue weighted by Crippen LogP contribution is -2.47. The standard InChI is InChI=1S/C13H23NO/c1-2-4-11-6-8-13(15,9-7-11)12-5-3-10-14-12/h6,8,11-12,14-15H,2-5,7,9-10H2,1H3. The van der Waals surface area contributed by atoms with Gasteiger partial charge in [0, 0.05) is 6.04 Å². The molecule has 0 aromatic carbocycles. The number of allylic oxidation sites excluding steroid dienone is 1. The van der Waals surface area contributed by atoms with Crippen molar-refractivity contribution in [3.63, 3.8) is 0 Å². The fourth-order valence-corrected chi connectivity index (χ4v) is 2.91. The molecule has 86 valence electrons. The van der Waals surface area contributed by atoms with Crippen molar-refractivity contribution in [2.75, 3.05) is 6.54 Å². The zero-order valence-electron chi connectivity index (χ0n) is 9.71. The Balaban J connectivity index is 1.96. The zero-order chi connectivity index (χ0) is 10.7. The van der Waals surface area contributed by atoms with Gasteiger partial charge < -0.3 is 10.4 Å². The molecule has 2 N–H and O–H groups in total. The summed E-state index contributed by atoms with van der Waals surface area (Å²) >= 11 is 0. The van der Waals surface area contributed by atoms with Crippen molar-refractivity contribution in [2.45, 2.75) is 57.1 Å². The maximum absolute atomic E-state index is 10.5. The van der Waals surface area contributed by atoms with Crippen LogP contribution in [0, 0.1) is 5.92 Å². The SMILES string of the molecule is CCCC1C=CC(O)(C2CCCN2)CC1. The molecule has 0 radical (unpaired) electrons. The molecule has 0 saturated carbocycles. The normalized spacial score (nSPS) is 40.9. The summed E-state index contributed by atoms with van der Waals surface area (Å²) in [5.41, 5.74) is -0.555. The molecule has 1 saturated heterocycles. The highest BCUT2D eigenvalue weighted by molar-refractivity contribution is 5.13. The molecule has 1 aliphatic heterocycles. The summed E-state index contributed by atoms with van der Waals surface area (Å²) in [6.07, 6.45) is 11.2. The Morgan fingerprint density at radius 3 is 2.87 bits per heavy atom. The molecule has 2 nitrogen and oxygen atoms in total. The molecule has 3 unspecified atom stereocenters. The van der Waals surface area contributed by atoms with Gasteiger partial charge in [0.15, 0.2) is 0 Å². The summed E-state index contributed by atoms with van der Waals surface area (Å²) in [7, 11) is 0. The lowest BCUT2D eigenvalue weighted by Gasteiger charge is -2.35. The summed E-state index contributed by atoms with van der Waals surface area (Å²) < 4.78 is 0. The summed E-state index contributed by atoms with van der Waals surface area (Å²) in [6.45, 7) is 3.30. The number of nitrogens with one attached hydrogen (secondary N) is 1. The van der Waals surface area contributed by atoms with Crippen LogP contribution in [0.25, 0.3) is 0 Å². The van der Waals surface area contributed by atoms with Crippen LogP contribution in [-0.4, -0.2) is 23.3 Å². The fourth-order valence-electron chi connectivity index (χ4n) is 2.91. The van der Waals surface area contributed by atoms with Crippen molar-refractivity contribution >= 4 is 0 Å². The molecule has 1 aliphatic carbocycles. The van der Waals surface area contributed by atoms with Crippen molar-refractivity contribution in [3.05, 3.63) is 12.2 Å². The number of hydrogen-bond acceptors (Lipinski definition) is 2. The van der Waals surface area contributed by atoms with E-state index in [1.54, 1.807) is 0 Å². The number of rotatable bonds is 3. The van der Waals surface area contributed by atoms with Gasteiger partial charge in [-0.15, -0.1) is 0 Å². The fraction of sp³-hybridized carbons (Fsp3) is 0.846. The predicted octanol–water partition coefficient (Wildman–Crippen LogP) is 2.24. The van der Waals surface area contributed by atoms with Crippen LogP contribution < -0.4 is 5.32 Å². The van der Waals surface area contributed by atoms with Crippen LogP contribution in [0.1, 0.15) is 45.4 Å². The molecule has 1 heterocycles. The smallest absolute Gasteiger partial charge is 0.0980 e. The van der Waals surface area contributed by atoms with E-state index in [1.165, 1.54) is 19.3 Å². The molecule has 2 aliphatic rings. The summed E-state index contributed by atoms with van der Waals surface area (Å²) in [6, 6.07) is 0.302. The molecule has 0 spiro atoms. The Bertz CT molecular complexity index is 233. The topological polar surface area (TPSA) is 32.3 Å². The van der Waals surface area contributed by atoms with E-state index in [4.69, 9.17) is 0 Å². The quantitative estimate of drug-likeness (QED) is 0.699. The van der Waals surface area contributed by atoms with E-state index in [9.17, 15) is 5.11 Å². The van der Waals surface area contributed by atoms with Gasteiger partial charge in [-0.3, -0.25) is 0 Å². The summed E-state index contributed by atoms with van der Waals surface area (Å²) in [5, 5.41) is 13.9. The van der Waals surface area contributed by atoms with Crippen LogP contribution in [0.5, 0.6) is 0 Å². The minimum absolute atomic E-state index is 0.302. The molecule has 0 amide bonds. The molecular weight excluding hydrogens is 186 g/mol. The van der Waals surface area contributed by atoms with E-state index in [0.29, 0.717) is 12.0 Å². The van der Waals surface area contributed by atoms with E-state index in [0.717, 1.165) is 25.8 Å². The maximum Gasteiger partial charge on any atom is 0.0980 e. The summed E-state index contributed by atoms with van der Waals surface area (Å²) in [5.74, 6) is 0.705. The van der Waals surface area contributed by atoms with Gasteiger partial charge in [0.2, 0.25) is 0 Å². The van der Waals surface area contributed by atoms with Gasteiger partial charge in [-0.1, -0.05) is 25.5 Å². The average Bonchev–Trinajstić information content (AvgIpc) is 2.76. The number of aliphatic hydroxyl groups is 1. The first-order valence-electron chi connectivity index (χ1n) is 6.40. The van der Waals surface area contributed by atoms with E-state index < -0.39 is 5.60 Å². The van der Waals surface area contributed by atoms with Gasteiger partial charge in [0.25, 0.3) is 0 Å². The van der Waals surface area contributed by atoms with Crippen molar-refractivity contribution in [1.82, 2.24) is 5.32 Å². The van der Waals surface area contributed by atoms with Gasteiger partial charge in [0.1, 0.15) is 0 Å². The van der Waals surface area contributed by atoms with E-state index in [-0.39, 0.29) is 0 Å². The van der Waals surface area contributed by atoms with Crippen LogP contribution >= 0.6 is 0 Å². The zero-order valence-corrected chi connectivity index (χ0v) is 9.71.